The van der Waals surface area contributed by atoms with E-state index in [4.69, 9.17) is 0 Å². The molecule has 58 valence electrons. The minimum Gasteiger partial charge on any atom is -0.311 e. The molecule has 2 rings (SSSR count). The van der Waals surface area contributed by atoms with E-state index >= 15 is 0 Å². The molecule has 2 saturated heterocycles. The van der Waals surface area contributed by atoms with Crippen LogP contribution in [0.25, 0.3) is 0 Å². The van der Waals surface area contributed by atoms with E-state index in [1.54, 1.807) is 0 Å². The van der Waals surface area contributed by atoms with Crippen LogP contribution in [0, 0.1) is 0 Å². The summed E-state index contributed by atoms with van der Waals surface area (Å²) in [5, 5.41) is 3.44. The molecule has 2 heterocycles. The van der Waals surface area contributed by atoms with Gasteiger partial charge in [0.15, 0.2) is 0 Å². The van der Waals surface area contributed by atoms with Crippen molar-refractivity contribution in [3.05, 3.63) is 0 Å². The Kier molecular flexibility index (Phi) is 1.61. The van der Waals surface area contributed by atoms with E-state index in [9.17, 15) is 0 Å². The van der Waals surface area contributed by atoms with Crippen LogP contribution in [0.5, 0.6) is 0 Å². The lowest BCUT2D eigenvalue weighted by molar-refractivity contribution is 0.442. The Hall–Kier alpha value is -0.160. The van der Waals surface area contributed by atoms with Crippen molar-refractivity contribution in [2.45, 2.75) is 31.5 Å². The number of fused-ring (bicyclic) bond motifs is 1. The number of hydrazine groups is 2. The van der Waals surface area contributed by atoms with Crippen molar-refractivity contribution in [2.75, 3.05) is 6.54 Å². The number of rotatable bonds is 1. The van der Waals surface area contributed by atoms with Crippen molar-refractivity contribution in [3.8, 4) is 0 Å². The molecule has 0 aromatic carbocycles. The van der Waals surface area contributed by atoms with Gasteiger partial charge in [0.2, 0.25) is 0 Å². The highest BCUT2D eigenvalue weighted by Crippen LogP contribution is 2.11. The fourth-order valence-electron chi connectivity index (χ4n) is 1.77. The van der Waals surface area contributed by atoms with E-state index in [2.05, 4.69) is 28.6 Å². The summed E-state index contributed by atoms with van der Waals surface area (Å²) in [4.78, 5) is 0. The Morgan fingerprint density at radius 3 is 3.10 bits per heavy atom. The lowest BCUT2D eigenvalue weighted by Gasteiger charge is -2.14. The lowest BCUT2D eigenvalue weighted by atomic mass is 10.1. The summed E-state index contributed by atoms with van der Waals surface area (Å²) in [7, 11) is 0. The fraction of sp³-hybridized carbons (Fsp3) is 1.00. The third-order valence-electron chi connectivity index (χ3n) is 2.40. The van der Waals surface area contributed by atoms with Crippen LogP contribution in [0.4, 0.5) is 0 Å². The summed E-state index contributed by atoms with van der Waals surface area (Å²) in [5.41, 5.74) is 9.30. The Balaban J connectivity index is 2.01. The molecule has 0 saturated carbocycles. The molecule has 0 aromatic rings. The molecule has 2 aliphatic rings. The van der Waals surface area contributed by atoms with Gasteiger partial charge in [0.05, 0.1) is 12.1 Å². The van der Waals surface area contributed by atoms with E-state index < -0.39 is 0 Å². The maximum atomic E-state index is 3.44. The smallest absolute Gasteiger partial charge is 0.0559 e. The normalized spacial score (nSPS) is 45.9. The quantitative estimate of drug-likeness (QED) is 0.368. The maximum Gasteiger partial charge on any atom is 0.0559 e. The summed E-state index contributed by atoms with van der Waals surface area (Å²) < 4.78 is 0. The molecule has 2 fully saturated rings. The highest BCUT2D eigenvalue weighted by molar-refractivity contribution is 5.00. The van der Waals surface area contributed by atoms with E-state index in [1.807, 2.05) is 0 Å². The summed E-state index contributed by atoms with van der Waals surface area (Å²) in [6.07, 6.45) is 1.19. The van der Waals surface area contributed by atoms with Gasteiger partial charge in [-0.3, -0.25) is 0 Å². The molecule has 0 amide bonds. The van der Waals surface area contributed by atoms with Gasteiger partial charge in [-0.25, -0.2) is 10.9 Å². The molecule has 2 aliphatic heterocycles. The maximum absolute atomic E-state index is 3.44. The van der Waals surface area contributed by atoms with Crippen molar-refractivity contribution in [1.82, 2.24) is 21.7 Å². The first-order valence-corrected chi connectivity index (χ1v) is 3.91. The van der Waals surface area contributed by atoms with Gasteiger partial charge in [-0.2, -0.15) is 5.53 Å². The highest BCUT2D eigenvalue weighted by atomic mass is 15.7. The highest BCUT2D eigenvalue weighted by Gasteiger charge is 2.37. The first kappa shape index (κ1) is 6.54. The lowest BCUT2D eigenvalue weighted by Crippen LogP contribution is -2.43. The Bertz CT molecular complexity index is 127. The van der Waals surface area contributed by atoms with Crippen molar-refractivity contribution < 1.29 is 0 Å². The molecular weight excluding hydrogens is 128 g/mol. The second kappa shape index (κ2) is 2.47. The number of hydrogen-bond acceptors (Lipinski definition) is 4. The average Bonchev–Trinajstić information content (AvgIpc) is 2.44. The first-order valence-electron chi connectivity index (χ1n) is 3.91. The zero-order valence-corrected chi connectivity index (χ0v) is 6.15. The summed E-state index contributed by atoms with van der Waals surface area (Å²) in [5.74, 6) is 0. The molecule has 0 spiro atoms. The van der Waals surface area contributed by atoms with Gasteiger partial charge in [0.25, 0.3) is 0 Å². The van der Waals surface area contributed by atoms with Crippen LogP contribution in [-0.4, -0.2) is 24.7 Å². The minimum atomic E-state index is 0.574. The van der Waals surface area contributed by atoms with Crippen LogP contribution in [0.3, 0.4) is 0 Å². The topological polar surface area (TPSA) is 48.1 Å². The Morgan fingerprint density at radius 2 is 2.30 bits per heavy atom. The summed E-state index contributed by atoms with van der Waals surface area (Å²) in [6.45, 7) is 3.28. The number of hydrogen-bond donors (Lipinski definition) is 4. The fourth-order valence-corrected chi connectivity index (χ4v) is 1.77. The first-order chi connectivity index (χ1) is 4.92. The Labute approximate surface area is 60.7 Å². The van der Waals surface area contributed by atoms with Gasteiger partial charge in [0.1, 0.15) is 0 Å². The van der Waals surface area contributed by atoms with Gasteiger partial charge >= 0.3 is 0 Å². The second-order valence-corrected chi connectivity index (χ2v) is 2.97. The predicted molar refractivity (Wildman–Crippen MR) is 39.1 cm³/mol. The van der Waals surface area contributed by atoms with E-state index in [-0.39, 0.29) is 0 Å². The SMILES string of the molecule is CCC1NCC2NNNC12. The second-order valence-electron chi connectivity index (χ2n) is 2.97. The molecule has 4 heteroatoms. The van der Waals surface area contributed by atoms with Crippen LogP contribution in [-0.2, 0) is 0 Å². The van der Waals surface area contributed by atoms with Gasteiger partial charge in [0, 0.05) is 12.6 Å². The van der Waals surface area contributed by atoms with Crippen molar-refractivity contribution in [2.24, 2.45) is 0 Å². The van der Waals surface area contributed by atoms with E-state index in [0.717, 1.165) is 6.54 Å². The van der Waals surface area contributed by atoms with Crippen molar-refractivity contribution in [3.63, 3.8) is 0 Å². The van der Waals surface area contributed by atoms with Gasteiger partial charge in [-0.05, 0) is 6.42 Å². The van der Waals surface area contributed by atoms with Crippen molar-refractivity contribution in [1.29, 1.82) is 0 Å². The van der Waals surface area contributed by atoms with Crippen molar-refractivity contribution >= 4 is 0 Å². The molecular formula is C6H14N4. The summed E-state index contributed by atoms with van der Waals surface area (Å²) >= 11 is 0. The van der Waals surface area contributed by atoms with Crippen LogP contribution in [0.15, 0.2) is 0 Å². The zero-order valence-electron chi connectivity index (χ0n) is 6.15. The number of nitrogens with one attached hydrogen (secondary N) is 4. The third kappa shape index (κ3) is 0.845. The molecule has 3 atom stereocenters. The summed E-state index contributed by atoms with van der Waals surface area (Å²) in [6, 6.07) is 1.78. The Morgan fingerprint density at radius 1 is 1.40 bits per heavy atom. The molecule has 0 aliphatic carbocycles. The van der Waals surface area contributed by atoms with Crippen LogP contribution >= 0.6 is 0 Å². The van der Waals surface area contributed by atoms with E-state index in [1.165, 1.54) is 6.42 Å². The molecule has 3 unspecified atom stereocenters. The molecule has 4 nitrogen and oxygen atoms in total. The van der Waals surface area contributed by atoms with Gasteiger partial charge < -0.3 is 5.32 Å². The third-order valence-corrected chi connectivity index (χ3v) is 2.40. The average molecular weight is 142 g/mol. The monoisotopic (exact) mass is 142 g/mol. The molecule has 0 aromatic heterocycles. The molecule has 4 N–H and O–H groups in total. The van der Waals surface area contributed by atoms with Gasteiger partial charge in [-0.15, -0.1) is 0 Å². The van der Waals surface area contributed by atoms with Crippen LogP contribution in [0.1, 0.15) is 13.3 Å². The van der Waals surface area contributed by atoms with E-state index in [0.29, 0.717) is 18.1 Å². The predicted octanol–water partition coefficient (Wildman–Crippen LogP) is -1.28. The largest absolute Gasteiger partial charge is 0.311 e. The minimum absolute atomic E-state index is 0.574. The zero-order chi connectivity index (χ0) is 6.97. The molecule has 10 heavy (non-hydrogen) atoms. The molecule has 0 bridgehead atoms. The van der Waals surface area contributed by atoms with Crippen LogP contribution < -0.4 is 21.7 Å². The van der Waals surface area contributed by atoms with Gasteiger partial charge in [-0.1, -0.05) is 6.92 Å². The molecule has 0 radical (unpaired) electrons. The van der Waals surface area contributed by atoms with Crippen LogP contribution in [0.2, 0.25) is 0 Å². The standard InChI is InChI=1S/C6H14N4/c1-2-4-6-5(3-7-4)8-10-9-6/h4-10H,2-3H2,1H3.